The maximum absolute atomic E-state index is 13.3. The molecule has 0 aliphatic carbocycles. The summed E-state index contributed by atoms with van der Waals surface area (Å²) in [6.07, 6.45) is 57.4. The van der Waals surface area contributed by atoms with Crippen LogP contribution < -0.4 is 5.32 Å². The van der Waals surface area contributed by atoms with Crippen molar-refractivity contribution in [3.63, 3.8) is 0 Å². The van der Waals surface area contributed by atoms with Gasteiger partial charge in [-0.25, -0.2) is 0 Å². The summed E-state index contributed by atoms with van der Waals surface area (Å²) in [5.74, 6) is -0.235. The summed E-state index contributed by atoms with van der Waals surface area (Å²) in [4.78, 5) is 13.3. The second kappa shape index (κ2) is 56.9. The number of hydrogen-bond donors (Lipinski definition) is 9. The van der Waals surface area contributed by atoms with E-state index >= 15 is 0 Å². The lowest BCUT2D eigenvalue weighted by Crippen LogP contribution is -2.65. The molecule has 0 aromatic heterocycles. The van der Waals surface area contributed by atoms with E-state index in [0.29, 0.717) is 6.42 Å². The van der Waals surface area contributed by atoms with Crippen LogP contribution in [0.1, 0.15) is 309 Å². The van der Waals surface area contributed by atoms with Crippen LogP contribution in [0, 0.1) is 0 Å². The van der Waals surface area contributed by atoms with E-state index < -0.39 is 86.8 Å². The van der Waals surface area contributed by atoms with Crippen LogP contribution in [0.4, 0.5) is 0 Å². The highest BCUT2D eigenvalue weighted by Crippen LogP contribution is 2.30. The average molecular weight is 1220 g/mol. The number of allylic oxidation sites excluding steroid dienone is 7. The fourth-order valence-corrected chi connectivity index (χ4v) is 11.8. The highest BCUT2D eigenvalue weighted by atomic mass is 16.7. The Morgan fingerprint density at radius 1 is 0.419 bits per heavy atom. The van der Waals surface area contributed by atoms with E-state index in [9.17, 15) is 45.6 Å². The lowest BCUT2D eigenvalue weighted by molar-refractivity contribution is -0.359. The molecule has 1 amide bonds. The summed E-state index contributed by atoms with van der Waals surface area (Å²) in [6, 6.07) is -0.914. The molecule has 86 heavy (non-hydrogen) atoms. The van der Waals surface area contributed by atoms with Crippen LogP contribution >= 0.6 is 0 Å². The van der Waals surface area contributed by atoms with Crippen LogP contribution in [0.25, 0.3) is 0 Å². The van der Waals surface area contributed by atoms with Gasteiger partial charge in [0.15, 0.2) is 12.6 Å². The molecule has 0 aromatic rings. The summed E-state index contributed by atoms with van der Waals surface area (Å²) in [7, 11) is 0. The summed E-state index contributed by atoms with van der Waals surface area (Å²) in [5.41, 5.74) is 0. The maximum Gasteiger partial charge on any atom is 0.220 e. The van der Waals surface area contributed by atoms with Crippen LogP contribution in [0.5, 0.6) is 0 Å². The van der Waals surface area contributed by atoms with Gasteiger partial charge in [0.2, 0.25) is 5.91 Å². The zero-order chi connectivity index (χ0) is 62.3. The number of carbonyl (C=O) groups is 1. The first-order chi connectivity index (χ1) is 42.1. The third kappa shape index (κ3) is 40.6. The molecular weight excluding hydrogens is 1090 g/mol. The molecule has 2 saturated heterocycles. The lowest BCUT2D eigenvalue weighted by Gasteiger charge is -2.46. The van der Waals surface area contributed by atoms with Crippen molar-refractivity contribution in [2.75, 3.05) is 19.8 Å². The first kappa shape index (κ1) is 80.0. The van der Waals surface area contributed by atoms with Crippen LogP contribution in [-0.4, -0.2) is 140 Å². The van der Waals surface area contributed by atoms with Gasteiger partial charge in [0.1, 0.15) is 48.8 Å². The predicted molar refractivity (Wildman–Crippen MR) is 351 cm³/mol. The van der Waals surface area contributed by atoms with E-state index in [1.54, 1.807) is 6.08 Å². The average Bonchev–Trinajstić information content (AvgIpc) is 2.46. The molecule has 0 bridgehead atoms. The van der Waals surface area contributed by atoms with E-state index in [4.69, 9.17) is 18.9 Å². The van der Waals surface area contributed by atoms with Gasteiger partial charge in [0.25, 0.3) is 0 Å². The van der Waals surface area contributed by atoms with Crippen molar-refractivity contribution in [3.05, 3.63) is 48.6 Å². The minimum Gasteiger partial charge on any atom is -0.394 e. The third-order valence-corrected chi connectivity index (χ3v) is 17.5. The molecule has 2 fully saturated rings. The predicted octanol–water partition coefficient (Wildman–Crippen LogP) is 14.7. The largest absolute Gasteiger partial charge is 0.394 e. The summed E-state index contributed by atoms with van der Waals surface area (Å²) < 4.78 is 22.8. The number of carbonyl (C=O) groups excluding carboxylic acids is 1. The van der Waals surface area contributed by atoms with E-state index in [1.165, 1.54) is 231 Å². The SMILES string of the molecule is CCCCCCC/C=C\C/C=C\C/C=C\CCCCCCCCCCCCCCCCCCCCCCC(=O)NC(COC1OC(CO)C(OC2OC(CO)C(O)C(O)C2O)C(O)C1O)C(O)/C=C/CCCCCCCCCCCCCCCCC. The van der Waals surface area contributed by atoms with Crippen molar-refractivity contribution < 1.29 is 64.6 Å². The van der Waals surface area contributed by atoms with Crippen molar-refractivity contribution in [2.45, 2.75) is 383 Å². The van der Waals surface area contributed by atoms with Crippen LogP contribution in [0.2, 0.25) is 0 Å². The normalized spacial score (nSPS) is 23.7. The van der Waals surface area contributed by atoms with E-state index in [1.807, 2.05) is 6.08 Å². The van der Waals surface area contributed by atoms with Crippen LogP contribution in [0.15, 0.2) is 48.6 Å². The quantitative estimate of drug-likeness (QED) is 0.0204. The molecule has 2 heterocycles. The molecule has 0 saturated carbocycles. The first-order valence-corrected chi connectivity index (χ1v) is 35.9. The van der Waals surface area contributed by atoms with E-state index in [2.05, 4.69) is 55.6 Å². The molecule has 0 radical (unpaired) electrons. The van der Waals surface area contributed by atoms with Gasteiger partial charge in [-0.3, -0.25) is 4.79 Å². The topological polar surface area (TPSA) is 228 Å². The smallest absolute Gasteiger partial charge is 0.220 e. The molecule has 2 rings (SSSR count). The zero-order valence-corrected chi connectivity index (χ0v) is 54.8. The van der Waals surface area contributed by atoms with Gasteiger partial charge < -0.3 is 65.1 Å². The lowest BCUT2D eigenvalue weighted by atomic mass is 9.97. The Bertz CT molecular complexity index is 1630. The van der Waals surface area contributed by atoms with Crippen molar-refractivity contribution in [1.82, 2.24) is 5.32 Å². The summed E-state index contributed by atoms with van der Waals surface area (Å²) in [6.45, 7) is 2.82. The Morgan fingerprint density at radius 3 is 1.17 bits per heavy atom. The third-order valence-electron chi connectivity index (χ3n) is 17.5. The number of aliphatic hydroxyl groups is 8. The van der Waals surface area contributed by atoms with E-state index in [-0.39, 0.29) is 18.9 Å². The Labute approximate surface area is 524 Å². The van der Waals surface area contributed by atoms with E-state index in [0.717, 1.165) is 51.4 Å². The molecule has 0 aromatic carbocycles. The summed E-state index contributed by atoms with van der Waals surface area (Å²) >= 11 is 0. The Morgan fingerprint density at radius 2 is 0.767 bits per heavy atom. The fraction of sp³-hybridized carbons (Fsp3) is 0.875. The van der Waals surface area contributed by atoms with Crippen LogP contribution in [-0.2, 0) is 23.7 Å². The minimum absolute atomic E-state index is 0.235. The number of amides is 1. The van der Waals surface area contributed by atoms with Crippen molar-refractivity contribution in [1.29, 1.82) is 0 Å². The molecule has 0 spiro atoms. The number of hydrogen-bond acceptors (Lipinski definition) is 13. The maximum atomic E-state index is 13.3. The number of aliphatic hydroxyl groups excluding tert-OH is 8. The van der Waals surface area contributed by atoms with Crippen molar-refractivity contribution in [2.24, 2.45) is 0 Å². The zero-order valence-electron chi connectivity index (χ0n) is 54.8. The van der Waals surface area contributed by atoms with Gasteiger partial charge in [-0.1, -0.05) is 294 Å². The van der Waals surface area contributed by atoms with Gasteiger partial charge in [-0.05, 0) is 57.8 Å². The van der Waals surface area contributed by atoms with Crippen molar-refractivity contribution in [3.8, 4) is 0 Å². The summed E-state index contributed by atoms with van der Waals surface area (Å²) in [5, 5.41) is 87.4. The molecule has 2 aliphatic rings. The van der Waals surface area contributed by atoms with Gasteiger partial charge in [-0.15, -0.1) is 0 Å². The second-order valence-electron chi connectivity index (χ2n) is 25.4. The van der Waals surface area contributed by atoms with Gasteiger partial charge in [0, 0.05) is 6.42 Å². The number of unbranched alkanes of at least 4 members (excludes halogenated alkanes) is 40. The number of rotatable bonds is 59. The Kier molecular flexibility index (Phi) is 53.0. The number of nitrogens with one attached hydrogen (secondary N) is 1. The highest BCUT2D eigenvalue weighted by Gasteiger charge is 2.51. The molecule has 14 nitrogen and oxygen atoms in total. The van der Waals surface area contributed by atoms with Gasteiger partial charge in [0.05, 0.1) is 32.0 Å². The fourth-order valence-electron chi connectivity index (χ4n) is 11.8. The number of ether oxygens (including phenoxy) is 4. The van der Waals surface area contributed by atoms with Crippen molar-refractivity contribution >= 4 is 5.91 Å². The monoisotopic (exact) mass is 1220 g/mol. The molecule has 12 unspecified atom stereocenters. The first-order valence-electron chi connectivity index (χ1n) is 35.9. The van der Waals surface area contributed by atoms with Gasteiger partial charge in [-0.2, -0.15) is 0 Å². The Balaban J connectivity index is 1.61. The molecule has 12 atom stereocenters. The molecule has 14 heteroatoms. The van der Waals surface area contributed by atoms with Gasteiger partial charge >= 0.3 is 0 Å². The molecule has 504 valence electrons. The molecular formula is C72H133NO13. The molecule has 2 aliphatic heterocycles. The minimum atomic E-state index is -1.79. The second-order valence-corrected chi connectivity index (χ2v) is 25.4. The highest BCUT2D eigenvalue weighted by molar-refractivity contribution is 5.76. The molecule has 9 N–H and O–H groups in total. The van der Waals surface area contributed by atoms with Crippen LogP contribution in [0.3, 0.4) is 0 Å². The Hall–Kier alpha value is -2.05. The standard InChI is InChI=1S/C72H133NO13/c1-3-5-7-9-11-13-15-17-19-21-22-23-24-25-26-27-28-29-30-31-32-33-34-35-36-37-38-40-42-44-46-48-50-52-54-56-64(77)73-60(61(76)55-53-51-49-47-45-43-41-39-20-18-16-14-12-10-8-6-4-2)59-83-71-69(82)67(80)70(63(58-75)85-71)86-72-68(81)66(79)65(78)62(57-74)84-72/h15,17,21-22,24-25,53,55,60-63,65-72,74-76,78-82H,3-14,16,18-20,23,26-52,54,56-59H2,1-2H3,(H,73,77)/b17-15-,22-21-,25-24-,55-53+.